The summed E-state index contributed by atoms with van der Waals surface area (Å²) in [7, 11) is 0. The minimum Gasteiger partial charge on any atom is -0.444 e. The Bertz CT molecular complexity index is 925. The summed E-state index contributed by atoms with van der Waals surface area (Å²) in [6.45, 7) is 14.6. The third-order valence-corrected chi connectivity index (χ3v) is 5.34. The fraction of sp³-hybridized carbons (Fsp3) is 0.577. The number of terminal acetylenes is 1. The smallest absolute Gasteiger partial charge is 0.408 e. The molecule has 2 N–H and O–H groups in total. The van der Waals surface area contributed by atoms with Crippen LogP contribution in [0.5, 0.6) is 0 Å². The number of hydrogen-bond donors (Lipinski definition) is 2. The lowest BCUT2D eigenvalue weighted by molar-refractivity contribution is -0.139. The van der Waals surface area contributed by atoms with Crippen molar-refractivity contribution < 1.29 is 19.1 Å². The molecule has 0 aliphatic rings. The zero-order valence-corrected chi connectivity index (χ0v) is 22.7. The molecule has 0 spiro atoms. The number of hydrogen-bond acceptors (Lipinski definition) is 5. The second kappa shape index (κ2) is 12.2. The van der Waals surface area contributed by atoms with Gasteiger partial charge in [0.25, 0.3) is 5.91 Å². The van der Waals surface area contributed by atoms with Gasteiger partial charge in [-0.25, -0.2) is 4.79 Å². The number of amides is 3. The molecule has 0 heterocycles. The molecule has 1 rings (SSSR count). The third-order valence-electron chi connectivity index (χ3n) is 4.70. The van der Waals surface area contributed by atoms with Crippen LogP contribution in [-0.2, 0) is 14.3 Å². The minimum absolute atomic E-state index is 0.331. The molecule has 0 aliphatic carbocycles. The van der Waals surface area contributed by atoms with E-state index in [1.807, 2.05) is 59.1 Å². The first kappa shape index (κ1) is 29.4. The molecule has 0 aromatic heterocycles. The number of benzene rings is 1. The Labute approximate surface area is 208 Å². The van der Waals surface area contributed by atoms with Gasteiger partial charge < -0.3 is 15.4 Å². The first-order valence-corrected chi connectivity index (χ1v) is 12.7. The summed E-state index contributed by atoms with van der Waals surface area (Å²) in [5.41, 5.74) is 1.23. The van der Waals surface area contributed by atoms with Gasteiger partial charge >= 0.3 is 6.09 Å². The lowest BCUT2D eigenvalue weighted by Gasteiger charge is -2.33. The van der Waals surface area contributed by atoms with E-state index in [2.05, 4.69) is 16.7 Å². The topological polar surface area (TPSA) is 87.7 Å². The van der Waals surface area contributed by atoms with Crippen LogP contribution in [0.2, 0.25) is 0 Å². The van der Waals surface area contributed by atoms with Gasteiger partial charge in [0.1, 0.15) is 17.7 Å². The van der Waals surface area contributed by atoms with Crippen LogP contribution in [0.3, 0.4) is 0 Å². The van der Waals surface area contributed by atoms with Gasteiger partial charge in [0.05, 0.1) is 0 Å². The van der Waals surface area contributed by atoms with E-state index >= 15 is 0 Å². The van der Waals surface area contributed by atoms with Crippen LogP contribution < -0.4 is 10.6 Å². The first-order chi connectivity index (χ1) is 15.6. The van der Waals surface area contributed by atoms with Crippen molar-refractivity contribution in [3.8, 4) is 12.5 Å². The second-order valence-corrected chi connectivity index (χ2v) is 11.3. The molecule has 0 saturated heterocycles. The van der Waals surface area contributed by atoms with E-state index in [1.165, 1.54) is 11.8 Å². The van der Waals surface area contributed by atoms with Crippen molar-refractivity contribution in [2.75, 3.05) is 12.0 Å². The molecular weight excluding hydrogens is 450 g/mol. The summed E-state index contributed by atoms with van der Waals surface area (Å²) in [5, 5.41) is 5.59. The van der Waals surface area contributed by atoms with Gasteiger partial charge in [-0.2, -0.15) is 11.8 Å². The molecule has 0 bridgehead atoms. The summed E-state index contributed by atoms with van der Waals surface area (Å²) in [4.78, 5) is 40.6. The van der Waals surface area contributed by atoms with Crippen LogP contribution in [0.25, 0.3) is 0 Å². The Morgan fingerprint density at radius 2 is 1.76 bits per heavy atom. The number of nitrogens with zero attached hydrogens (tertiary/aromatic N) is 1. The normalized spacial score (nSPS) is 13.3. The highest BCUT2D eigenvalue weighted by atomic mass is 32.2. The van der Waals surface area contributed by atoms with Crippen molar-refractivity contribution in [2.45, 2.75) is 85.0 Å². The number of ether oxygens (including phenoxy) is 1. The van der Waals surface area contributed by atoms with E-state index in [-0.39, 0.29) is 0 Å². The number of alkyl carbamates (subject to hydrolysis) is 1. The average Bonchev–Trinajstić information content (AvgIpc) is 2.66. The Morgan fingerprint density at radius 1 is 1.15 bits per heavy atom. The number of thioether (sulfide) groups is 1. The summed E-state index contributed by atoms with van der Waals surface area (Å²) >= 11 is 1.54. The van der Waals surface area contributed by atoms with E-state index in [1.54, 1.807) is 20.8 Å². The van der Waals surface area contributed by atoms with Crippen LogP contribution >= 0.6 is 11.8 Å². The lowest BCUT2D eigenvalue weighted by Crippen LogP contribution is -2.53. The van der Waals surface area contributed by atoms with E-state index in [9.17, 15) is 14.4 Å². The van der Waals surface area contributed by atoms with Crippen LogP contribution in [0.4, 0.5) is 4.79 Å². The van der Waals surface area contributed by atoms with Gasteiger partial charge in [-0.15, -0.1) is 0 Å². The largest absolute Gasteiger partial charge is 0.444 e. The highest BCUT2D eigenvalue weighted by Crippen LogP contribution is 2.27. The Kier molecular flexibility index (Phi) is 10.5. The van der Waals surface area contributed by atoms with Crippen LogP contribution in [0, 0.1) is 26.3 Å². The van der Waals surface area contributed by atoms with Gasteiger partial charge in [0.2, 0.25) is 5.91 Å². The van der Waals surface area contributed by atoms with Crippen LogP contribution in [-0.4, -0.2) is 52.0 Å². The van der Waals surface area contributed by atoms with E-state index in [0.717, 1.165) is 16.0 Å². The number of rotatable bonds is 8. The predicted molar refractivity (Wildman–Crippen MR) is 138 cm³/mol. The van der Waals surface area contributed by atoms with Crippen molar-refractivity contribution in [1.82, 2.24) is 15.5 Å². The highest BCUT2D eigenvalue weighted by molar-refractivity contribution is 7.98. The number of aryl methyl sites for hydroxylation is 2. The Hall–Kier alpha value is -2.66. The Balaban J connectivity index is 3.44. The molecule has 1 aromatic carbocycles. The molecule has 34 heavy (non-hydrogen) atoms. The zero-order valence-electron chi connectivity index (χ0n) is 21.9. The fourth-order valence-electron chi connectivity index (χ4n) is 3.34. The van der Waals surface area contributed by atoms with Crippen molar-refractivity contribution in [1.29, 1.82) is 0 Å². The van der Waals surface area contributed by atoms with Gasteiger partial charge in [-0.3, -0.25) is 14.5 Å². The standard InChI is InChI=1S/C26H39N3O4S/c1-11-29(23(31)20(14-15-34-10)27-24(32)33-26(7,8)9)21(22(30)28-25(4,5)6)19-13-12-17(2)16-18(19)3/h1,12-13,16,20-21H,14-15H2,2-10H3,(H,27,32)(H,28,30). The summed E-state index contributed by atoms with van der Waals surface area (Å²) < 4.78 is 5.34. The SMILES string of the molecule is C#CN(C(=O)C(CCSC)NC(=O)OC(C)(C)C)C(C(=O)NC(C)(C)C)c1ccc(C)cc1C. The monoisotopic (exact) mass is 489 g/mol. The molecule has 0 fully saturated rings. The molecule has 3 amide bonds. The summed E-state index contributed by atoms with van der Waals surface area (Å²) in [6.07, 6.45) is 7.34. The van der Waals surface area contributed by atoms with Gasteiger partial charge in [0, 0.05) is 11.6 Å². The average molecular weight is 490 g/mol. The predicted octanol–water partition coefficient (Wildman–Crippen LogP) is 4.32. The van der Waals surface area contributed by atoms with Crippen molar-refractivity contribution >= 4 is 29.7 Å². The molecule has 2 unspecified atom stereocenters. The van der Waals surface area contributed by atoms with E-state index in [0.29, 0.717) is 17.7 Å². The minimum atomic E-state index is -1.06. The molecule has 0 aliphatic heterocycles. The number of carbonyl (C=O) groups is 3. The number of carbonyl (C=O) groups excluding carboxylic acids is 3. The van der Waals surface area contributed by atoms with Crippen LogP contribution in [0.1, 0.15) is 70.7 Å². The molecule has 1 aromatic rings. The van der Waals surface area contributed by atoms with Gasteiger partial charge in [-0.05, 0) is 84.9 Å². The molecule has 188 valence electrons. The van der Waals surface area contributed by atoms with Crippen molar-refractivity contribution in [3.05, 3.63) is 34.9 Å². The molecule has 2 atom stereocenters. The van der Waals surface area contributed by atoms with E-state index < -0.39 is 41.1 Å². The van der Waals surface area contributed by atoms with E-state index in [4.69, 9.17) is 11.2 Å². The maximum absolute atomic E-state index is 13.7. The zero-order chi connectivity index (χ0) is 26.3. The quantitative estimate of drug-likeness (QED) is 0.419. The Morgan fingerprint density at radius 3 is 2.24 bits per heavy atom. The first-order valence-electron chi connectivity index (χ1n) is 11.3. The molecular formula is C26H39N3O4S. The maximum atomic E-state index is 13.7. The third kappa shape index (κ3) is 9.30. The lowest BCUT2D eigenvalue weighted by atomic mass is 9.95. The molecule has 0 saturated carbocycles. The second-order valence-electron chi connectivity index (χ2n) is 10.3. The molecule has 0 radical (unpaired) electrons. The number of nitrogens with one attached hydrogen (secondary N) is 2. The highest BCUT2D eigenvalue weighted by Gasteiger charge is 2.37. The van der Waals surface area contributed by atoms with Gasteiger partial charge in [-0.1, -0.05) is 30.2 Å². The summed E-state index contributed by atoms with van der Waals surface area (Å²) in [6, 6.07) is 6.03. The maximum Gasteiger partial charge on any atom is 0.408 e. The molecule has 8 heteroatoms. The fourth-order valence-corrected chi connectivity index (χ4v) is 3.82. The summed E-state index contributed by atoms with van der Waals surface area (Å²) in [5.74, 6) is -0.337. The van der Waals surface area contributed by atoms with Crippen molar-refractivity contribution in [3.63, 3.8) is 0 Å². The van der Waals surface area contributed by atoms with Crippen LogP contribution in [0.15, 0.2) is 18.2 Å². The van der Waals surface area contributed by atoms with Gasteiger partial charge in [0.15, 0.2) is 0 Å². The van der Waals surface area contributed by atoms with Crippen molar-refractivity contribution in [2.24, 2.45) is 0 Å². The molecule has 7 nitrogen and oxygen atoms in total.